The maximum absolute atomic E-state index is 11.7. The van der Waals surface area contributed by atoms with E-state index in [0.717, 1.165) is 25.7 Å². The number of hydrogen-bond donors (Lipinski definition) is 1. The highest BCUT2D eigenvalue weighted by molar-refractivity contribution is 5.69. The summed E-state index contributed by atoms with van der Waals surface area (Å²) in [4.78, 5) is 24.4. The molecule has 0 bridgehead atoms. The lowest BCUT2D eigenvalue weighted by Crippen LogP contribution is -2.41. The molecule has 1 aliphatic heterocycles. The highest BCUT2D eigenvalue weighted by Crippen LogP contribution is 2.77. The lowest BCUT2D eigenvalue weighted by molar-refractivity contribution is -0.143. The maximum Gasteiger partial charge on any atom is 0.407 e. The van der Waals surface area contributed by atoms with Gasteiger partial charge in [-0.15, -0.1) is 0 Å². The molecule has 1 N–H and O–H groups in total. The molecule has 2 aliphatic rings. The van der Waals surface area contributed by atoms with Gasteiger partial charge in [-0.05, 0) is 48.9 Å². The molecule has 1 amide bonds. The lowest BCUT2D eigenvalue weighted by atomic mass is 9.67. The average Bonchev–Trinajstić information content (AvgIpc) is 3.06. The first kappa shape index (κ1) is 17.1. The first-order valence-corrected chi connectivity index (χ1v) is 8.31. The fraction of sp³-hybridized carbons (Fsp3) is 0.882. The number of esters is 1. The topological polar surface area (TPSA) is 66.8 Å². The van der Waals surface area contributed by atoms with Gasteiger partial charge < -0.3 is 14.7 Å². The lowest BCUT2D eigenvalue weighted by Gasteiger charge is -2.40. The molecule has 1 spiro atoms. The van der Waals surface area contributed by atoms with Crippen LogP contribution < -0.4 is 0 Å². The SMILES string of the molecule is CCOC(=O)CCC1(C(C)(C)C)CC12CCN(C(=O)O)CC2. The molecule has 1 aliphatic carbocycles. The first-order chi connectivity index (χ1) is 10.2. The summed E-state index contributed by atoms with van der Waals surface area (Å²) in [7, 11) is 0. The predicted molar refractivity (Wildman–Crippen MR) is 83.6 cm³/mol. The molecule has 1 atom stereocenters. The van der Waals surface area contributed by atoms with Crippen LogP contribution in [0.5, 0.6) is 0 Å². The number of carboxylic acid groups (broad SMARTS) is 1. The molecule has 0 aromatic carbocycles. The smallest absolute Gasteiger partial charge is 0.407 e. The van der Waals surface area contributed by atoms with Crippen LogP contribution in [0.25, 0.3) is 0 Å². The van der Waals surface area contributed by atoms with Crippen LogP contribution in [-0.2, 0) is 9.53 Å². The molecular formula is C17H29NO4. The van der Waals surface area contributed by atoms with Gasteiger partial charge in [0.2, 0.25) is 0 Å². The van der Waals surface area contributed by atoms with Gasteiger partial charge >= 0.3 is 12.1 Å². The summed E-state index contributed by atoms with van der Waals surface area (Å²) >= 11 is 0. The van der Waals surface area contributed by atoms with E-state index >= 15 is 0 Å². The van der Waals surface area contributed by atoms with Crippen LogP contribution in [-0.4, -0.2) is 41.8 Å². The van der Waals surface area contributed by atoms with Crippen LogP contribution in [0.1, 0.15) is 59.8 Å². The third-order valence-corrected chi connectivity index (χ3v) is 6.02. The van der Waals surface area contributed by atoms with Gasteiger partial charge in [0, 0.05) is 19.5 Å². The number of nitrogens with zero attached hydrogens (tertiary/aromatic N) is 1. The van der Waals surface area contributed by atoms with Crippen LogP contribution in [0.3, 0.4) is 0 Å². The zero-order chi connectivity index (χ0) is 16.6. The molecule has 126 valence electrons. The molecule has 22 heavy (non-hydrogen) atoms. The second-order valence-corrected chi connectivity index (χ2v) is 7.86. The van der Waals surface area contributed by atoms with Crippen molar-refractivity contribution in [3.05, 3.63) is 0 Å². The van der Waals surface area contributed by atoms with Crippen LogP contribution in [0.15, 0.2) is 0 Å². The highest BCUT2D eigenvalue weighted by Gasteiger charge is 2.70. The molecule has 2 rings (SSSR count). The van der Waals surface area contributed by atoms with Gasteiger partial charge in [-0.2, -0.15) is 0 Å². The van der Waals surface area contributed by atoms with Crippen LogP contribution in [0.2, 0.25) is 0 Å². The molecule has 0 radical (unpaired) electrons. The van der Waals surface area contributed by atoms with Crippen molar-refractivity contribution in [3.63, 3.8) is 0 Å². The van der Waals surface area contributed by atoms with E-state index in [4.69, 9.17) is 9.84 Å². The second kappa shape index (κ2) is 5.74. The average molecular weight is 311 g/mol. The first-order valence-electron chi connectivity index (χ1n) is 8.31. The van der Waals surface area contributed by atoms with Crippen molar-refractivity contribution in [2.45, 2.75) is 59.8 Å². The Hall–Kier alpha value is -1.26. The summed E-state index contributed by atoms with van der Waals surface area (Å²) in [6.07, 6.45) is 3.44. The Balaban J connectivity index is 2.05. The van der Waals surface area contributed by atoms with E-state index in [1.54, 1.807) is 0 Å². The van der Waals surface area contributed by atoms with E-state index in [0.29, 0.717) is 26.1 Å². The number of carbonyl (C=O) groups excluding carboxylic acids is 1. The third kappa shape index (κ3) is 2.82. The number of hydrogen-bond acceptors (Lipinski definition) is 3. The maximum atomic E-state index is 11.7. The van der Waals surface area contributed by atoms with Gasteiger partial charge in [0.25, 0.3) is 0 Å². The van der Waals surface area contributed by atoms with E-state index < -0.39 is 6.09 Å². The highest BCUT2D eigenvalue weighted by atomic mass is 16.5. The monoisotopic (exact) mass is 311 g/mol. The van der Waals surface area contributed by atoms with Gasteiger partial charge in [0.05, 0.1) is 6.61 Å². The van der Waals surface area contributed by atoms with Gasteiger partial charge in [-0.25, -0.2) is 4.79 Å². The number of amides is 1. The van der Waals surface area contributed by atoms with Crippen LogP contribution >= 0.6 is 0 Å². The molecule has 0 aromatic heterocycles. The largest absolute Gasteiger partial charge is 0.466 e. The summed E-state index contributed by atoms with van der Waals surface area (Å²) in [5.41, 5.74) is 0.464. The fourth-order valence-corrected chi connectivity index (χ4v) is 4.65. The second-order valence-electron chi connectivity index (χ2n) is 7.86. The minimum absolute atomic E-state index is 0.115. The molecule has 0 aromatic rings. The normalized spacial score (nSPS) is 26.8. The number of piperidine rings is 1. The molecule has 5 nitrogen and oxygen atoms in total. The minimum Gasteiger partial charge on any atom is -0.466 e. The Morgan fingerprint density at radius 3 is 2.27 bits per heavy atom. The Morgan fingerprint density at radius 1 is 1.23 bits per heavy atom. The van der Waals surface area contributed by atoms with Gasteiger partial charge in [-0.3, -0.25) is 4.79 Å². The van der Waals surface area contributed by atoms with Crippen molar-refractivity contribution in [2.24, 2.45) is 16.2 Å². The Bertz CT molecular complexity index is 446. The van der Waals surface area contributed by atoms with Gasteiger partial charge in [-0.1, -0.05) is 20.8 Å². The predicted octanol–water partition coefficient (Wildman–Crippen LogP) is 3.53. The molecular weight excluding hydrogens is 282 g/mol. The molecule has 1 saturated carbocycles. The van der Waals surface area contributed by atoms with E-state index in [1.807, 2.05) is 6.92 Å². The van der Waals surface area contributed by atoms with Crippen LogP contribution in [0.4, 0.5) is 4.79 Å². The van der Waals surface area contributed by atoms with Crippen molar-refractivity contribution in [1.82, 2.24) is 4.90 Å². The molecule has 5 heteroatoms. The summed E-state index contributed by atoms with van der Waals surface area (Å²) in [6.45, 7) is 10.2. The van der Waals surface area contributed by atoms with Crippen molar-refractivity contribution in [3.8, 4) is 0 Å². The fourth-order valence-electron chi connectivity index (χ4n) is 4.65. The number of likely N-dealkylation sites (tertiary alicyclic amines) is 1. The minimum atomic E-state index is -0.816. The molecule has 1 heterocycles. The zero-order valence-corrected chi connectivity index (χ0v) is 14.3. The Kier molecular flexibility index (Phi) is 4.46. The van der Waals surface area contributed by atoms with Crippen LogP contribution in [0, 0.1) is 16.2 Å². The van der Waals surface area contributed by atoms with Crippen molar-refractivity contribution in [2.75, 3.05) is 19.7 Å². The zero-order valence-electron chi connectivity index (χ0n) is 14.3. The van der Waals surface area contributed by atoms with E-state index in [-0.39, 0.29) is 22.2 Å². The molecule has 2 fully saturated rings. The Labute approximate surface area is 133 Å². The van der Waals surface area contributed by atoms with Gasteiger partial charge in [0.1, 0.15) is 0 Å². The standard InChI is InChI=1S/C17H29NO4/c1-5-22-13(19)6-7-17(15(2,3)4)12-16(17)8-10-18(11-9-16)14(20)21/h5-12H2,1-4H3,(H,20,21). The summed E-state index contributed by atoms with van der Waals surface area (Å²) in [5, 5.41) is 9.12. The van der Waals surface area contributed by atoms with E-state index in [1.165, 1.54) is 4.90 Å². The summed E-state index contributed by atoms with van der Waals surface area (Å²) < 4.78 is 5.08. The van der Waals surface area contributed by atoms with Crippen molar-refractivity contribution >= 4 is 12.1 Å². The third-order valence-electron chi connectivity index (χ3n) is 6.02. The van der Waals surface area contributed by atoms with Gasteiger partial charge in [0.15, 0.2) is 0 Å². The molecule has 1 unspecified atom stereocenters. The number of rotatable bonds is 4. The Morgan fingerprint density at radius 2 is 1.82 bits per heavy atom. The van der Waals surface area contributed by atoms with E-state index in [9.17, 15) is 9.59 Å². The van der Waals surface area contributed by atoms with E-state index in [2.05, 4.69) is 20.8 Å². The quantitative estimate of drug-likeness (QED) is 0.807. The summed E-state index contributed by atoms with van der Waals surface area (Å²) in [6, 6.07) is 0. The number of carbonyl (C=O) groups is 2. The van der Waals surface area contributed by atoms with Crippen molar-refractivity contribution in [1.29, 1.82) is 0 Å². The molecule has 1 saturated heterocycles. The van der Waals surface area contributed by atoms with Crippen molar-refractivity contribution < 1.29 is 19.4 Å². The number of ether oxygens (including phenoxy) is 1. The summed E-state index contributed by atoms with van der Waals surface area (Å²) in [5.74, 6) is -0.115.